The Hall–Kier alpha value is -9.04. The van der Waals surface area contributed by atoms with Crippen LogP contribution in [0.5, 0.6) is 0 Å². The summed E-state index contributed by atoms with van der Waals surface area (Å²) in [5.41, 5.74) is -13.5. The van der Waals surface area contributed by atoms with E-state index in [4.69, 9.17) is 38.4 Å². The molecule has 0 radical (unpaired) electrons. The minimum atomic E-state index is -4.75. The number of rotatable bonds is 24. The molecule has 106 heavy (non-hydrogen) atoms. The number of ether oxygens (including phenoxy) is 2. The fraction of sp³-hybridized carbons (Fsp3) is 0.317. The third kappa shape index (κ3) is 19.6. The molecule has 0 saturated carbocycles. The van der Waals surface area contributed by atoms with E-state index in [1.807, 2.05) is 0 Å². The van der Waals surface area contributed by atoms with Crippen molar-refractivity contribution in [2.24, 2.45) is 0 Å². The molecule has 4 heterocycles. The van der Waals surface area contributed by atoms with Crippen molar-refractivity contribution < 1.29 is 121 Å². The van der Waals surface area contributed by atoms with Crippen molar-refractivity contribution in [1.29, 1.82) is 0 Å². The number of aromatic nitrogens is 2. The van der Waals surface area contributed by atoms with Gasteiger partial charge in [0.25, 0.3) is 0 Å². The maximum absolute atomic E-state index is 15.6. The molecule has 2 amide bonds. The summed E-state index contributed by atoms with van der Waals surface area (Å²) in [5.74, 6) is -11.0. The average Bonchev–Trinajstić information content (AvgIpc) is 0.661. The van der Waals surface area contributed by atoms with Gasteiger partial charge in [-0.2, -0.15) is 26.3 Å². The number of likely N-dealkylation sites (tertiary alicyclic amines) is 2. The maximum Gasteiger partial charge on any atom is 0.416 e. The minimum absolute atomic E-state index is 0.0472. The molecule has 12 nitrogen and oxygen atoms in total. The lowest BCUT2D eigenvalue weighted by molar-refractivity contribution is -0.138. The van der Waals surface area contributed by atoms with Crippen LogP contribution in [0.2, 0.25) is 0 Å². The van der Waals surface area contributed by atoms with Crippen molar-refractivity contribution >= 4 is 57.1 Å². The predicted octanol–water partition coefficient (Wildman–Crippen LogP) is 17.4. The Morgan fingerprint density at radius 2 is 0.915 bits per heavy atom. The second kappa shape index (κ2) is 35.1. The topological polar surface area (TPSA) is 110 Å². The Morgan fingerprint density at radius 1 is 0.538 bits per heavy atom. The fourth-order valence-corrected chi connectivity index (χ4v) is 11.6. The highest BCUT2D eigenvalue weighted by molar-refractivity contribution is 7.98. The molecule has 0 spiro atoms. The first-order valence-electron chi connectivity index (χ1n) is 51.6. The average molecular weight is 1540 g/mol. The monoisotopic (exact) mass is 1540 g/mol. The summed E-state index contributed by atoms with van der Waals surface area (Å²) in [6, 6.07) is 2.82. The molecule has 2 fully saturated rings. The number of carbonyl (C=O) groups is 2. The first-order valence-corrected chi connectivity index (χ1v) is 32.4. The van der Waals surface area contributed by atoms with E-state index in [0.29, 0.717) is 39.1 Å². The smallest absolute Gasteiger partial charge is 0.383 e. The number of fused-ring (bicyclic) bond motifs is 2. The summed E-state index contributed by atoms with van der Waals surface area (Å²) in [5, 5.41) is -3.60. The minimum Gasteiger partial charge on any atom is -0.383 e. The number of alkyl halides is 6. The molecule has 556 valence electrons. The van der Waals surface area contributed by atoms with Gasteiger partial charge >= 0.3 is 12.4 Å². The van der Waals surface area contributed by atoms with Gasteiger partial charge in [-0.3, -0.25) is 19.2 Å². The van der Waals surface area contributed by atoms with Gasteiger partial charge < -0.3 is 38.2 Å². The molecule has 24 heteroatoms. The Morgan fingerprint density at radius 3 is 1.31 bits per heavy atom. The Labute approximate surface area is 675 Å². The molecule has 2 saturated heterocycles. The van der Waals surface area contributed by atoms with Crippen LogP contribution in [0.4, 0.5) is 43.9 Å². The molecule has 2 aliphatic rings. The maximum atomic E-state index is 15.6. The number of hydrogen-bond donors (Lipinski definition) is 0. The largest absolute Gasteiger partial charge is 0.416 e. The number of piperidine rings is 2. The van der Waals surface area contributed by atoms with Crippen LogP contribution >= 0.6 is 23.5 Å². The number of benzene rings is 8. The number of pyridine rings is 2. The zero-order chi connectivity index (χ0) is 113. The molecule has 0 bridgehead atoms. The predicted molar refractivity (Wildman–Crippen MR) is 395 cm³/mol. The second-order valence-corrected chi connectivity index (χ2v) is 24.0. The van der Waals surface area contributed by atoms with E-state index >= 15 is 18.4 Å². The van der Waals surface area contributed by atoms with E-state index < -0.39 is 333 Å². The molecule has 2 aromatic heterocycles. The number of methoxy groups -OCH3 is 2. The fourth-order valence-electron chi connectivity index (χ4n) is 9.88. The van der Waals surface area contributed by atoms with E-state index in [1.54, 1.807) is 0 Å². The summed E-state index contributed by atoms with van der Waals surface area (Å²) in [4.78, 5) is 56.9. The van der Waals surface area contributed by atoms with Gasteiger partial charge in [0.05, 0.1) is 78.2 Å². The van der Waals surface area contributed by atoms with Crippen LogP contribution in [-0.4, -0.2) is 119 Å². The SMILES string of the molecule is [2H]c1c(C)c([2H])c2c(=O)c([2H])c(SC([2H])([2H])c3cccc(F)c3F)n(CC(=O)N(C([2H])([2H])c3ccc(-c4ccc(C(F)(F)F)cc4)cc3)C3([2H])C([2H])([2H])C([2H])([2H])N(CC([2H])([2H])OC([2H])([2H])[2H])C([2H])([2H])C3([2H])[2H])c2c1[2H].[2H]c1c(C)c([2H])c2c(=O)c([2H])c(SCc3cccc(F)c3F)n(CC(=O)N(C([2H])([2H])c3ccc(-c4ccc(C(F)(F)F)cc4)cc3)C3([2H])C([2H])([2H])C([2H])([2H])N(CC([2H])([2H])OC([2H])([2H])[2H])C([2H])([2H])C3([2H])[2H])c2c1[2H]. The van der Waals surface area contributed by atoms with Crippen molar-refractivity contribution in [2.75, 3.05) is 66.3 Å². The number of nitrogens with zero attached hydrogens (tertiary/aromatic N) is 6. The normalized spacial score (nSPS) is 25.3. The van der Waals surface area contributed by atoms with E-state index in [0.717, 1.165) is 129 Å². The van der Waals surface area contributed by atoms with Crippen molar-refractivity contribution in [3.05, 3.63) is 270 Å². The first-order chi connectivity index (χ1) is 67.0. The van der Waals surface area contributed by atoms with Crippen LogP contribution in [0, 0.1) is 37.1 Å². The zero-order valence-electron chi connectivity index (χ0n) is 96.5. The van der Waals surface area contributed by atoms with Crippen LogP contribution in [0.3, 0.4) is 0 Å². The molecule has 10 aromatic rings. The van der Waals surface area contributed by atoms with Crippen molar-refractivity contribution in [3.8, 4) is 22.3 Å². The summed E-state index contributed by atoms with van der Waals surface area (Å²) in [6.45, 7) is -37.6. The molecule has 0 unspecified atom stereocenters. The quantitative estimate of drug-likeness (QED) is 0.0428. The van der Waals surface area contributed by atoms with Crippen LogP contribution in [0.25, 0.3) is 44.1 Å². The highest BCUT2D eigenvalue weighted by Gasteiger charge is 2.34. The summed E-state index contributed by atoms with van der Waals surface area (Å²) >= 11 is 0.0239. The summed E-state index contributed by atoms with van der Waals surface area (Å²) < 4.78 is 517. The van der Waals surface area contributed by atoms with Gasteiger partial charge in [0.15, 0.2) is 34.1 Å². The molecule has 0 atom stereocenters. The molecular formula is C82H80F10N6O6S2. The Bertz CT molecular complexity index is 6950. The molecular weight excluding hydrogens is 1420 g/mol. The van der Waals surface area contributed by atoms with Gasteiger partial charge in [-0.05, 0) is 133 Å². The van der Waals surface area contributed by atoms with Gasteiger partial charge in [-0.25, -0.2) is 17.6 Å². The molecule has 2 aliphatic heterocycles. The van der Waals surface area contributed by atoms with Gasteiger partial charge in [0, 0.05) is 148 Å². The highest BCUT2D eigenvalue weighted by Crippen LogP contribution is 2.36. The lowest BCUT2D eigenvalue weighted by atomic mass is 10.00. The summed E-state index contributed by atoms with van der Waals surface area (Å²) in [6.07, 6.45) is -27.7. The number of halogens is 10. The van der Waals surface area contributed by atoms with Gasteiger partial charge in [0.1, 0.15) is 13.1 Å². The van der Waals surface area contributed by atoms with E-state index in [2.05, 4.69) is 9.47 Å². The van der Waals surface area contributed by atoms with Gasteiger partial charge in [0.2, 0.25) is 11.8 Å². The molecule has 0 aliphatic carbocycles. The van der Waals surface area contributed by atoms with Gasteiger partial charge in [-0.1, -0.05) is 120 Å². The molecule has 8 aromatic carbocycles. The second-order valence-electron chi connectivity index (χ2n) is 22.2. The van der Waals surface area contributed by atoms with Crippen LogP contribution in [0.15, 0.2) is 201 Å². The lowest BCUT2D eigenvalue weighted by Gasteiger charge is -2.39. The number of hydrogen-bond acceptors (Lipinski definition) is 10. The highest BCUT2D eigenvalue weighted by atomic mass is 32.2. The van der Waals surface area contributed by atoms with Crippen molar-refractivity contribution in [3.63, 3.8) is 0 Å². The van der Waals surface area contributed by atoms with Crippen LogP contribution < -0.4 is 10.9 Å². The Kier molecular flexibility index (Phi) is 13.3. The number of thioether (sulfide) groups is 2. The third-order valence-electron chi connectivity index (χ3n) is 15.1. The lowest BCUT2D eigenvalue weighted by Crippen LogP contribution is -2.48. The molecule has 12 rings (SSSR count). The van der Waals surface area contributed by atoms with E-state index in [-0.39, 0.29) is 45.1 Å². The van der Waals surface area contributed by atoms with E-state index in [1.165, 1.54) is 0 Å². The number of amides is 2. The molecule has 0 N–H and O–H groups in total. The zero-order valence-corrected chi connectivity index (χ0v) is 56.1. The first kappa shape index (κ1) is 40.2. The number of carbonyl (C=O) groups excluding carboxylic acids is 2. The standard InChI is InChI=1S/2C41H40F5N3O3S/c2*1-27-6-15-36-34(22-27)37(50)23-39(53-26-31-4-3-5-35(42)40(31)43)49(36)25-38(51)48(33-16-18-47(19-17-33)20-21-52-2)24-28-7-9-29(10-8-28)30-11-13-32(14-12-30)41(44,45)46/h2*3-15,22-23,33H,16-21,24-26H2,1-2H3/i2D3,6D,15D,16D2,17D2,18D2,19D2,21D2,22D,23D,24D2,26D2,33D;2D3,6D,15D,16D2,17D2,18D2,19D2,21D2,22D,23D,24D2,33D. The van der Waals surface area contributed by atoms with Gasteiger partial charge in [-0.15, -0.1) is 23.5 Å². The van der Waals surface area contributed by atoms with E-state index in [9.17, 15) is 63.9 Å². The van der Waals surface area contributed by atoms with Crippen LogP contribution in [0.1, 0.15) is 128 Å². The summed E-state index contributed by atoms with van der Waals surface area (Å²) in [7, 11) is -7.24. The van der Waals surface area contributed by atoms with Crippen molar-refractivity contribution in [1.82, 2.24) is 28.7 Å². The third-order valence-corrected chi connectivity index (χ3v) is 17.0. The van der Waals surface area contributed by atoms with Crippen LogP contribution in [-0.2, 0) is 69.0 Å². The Balaban J connectivity index is 0.000000281. The van der Waals surface area contributed by atoms with Crippen molar-refractivity contribution in [2.45, 2.75) is 111 Å².